The van der Waals surface area contributed by atoms with Gasteiger partial charge in [0.2, 0.25) is 0 Å². The summed E-state index contributed by atoms with van der Waals surface area (Å²) in [6, 6.07) is -0.833. The third-order valence-corrected chi connectivity index (χ3v) is 4.91. The second-order valence-electron chi connectivity index (χ2n) is 7.06. The number of carbonyl (C=O) groups excluding carboxylic acids is 2. The molecular weight excluding hydrogens is 497 g/mol. The molecule has 1 aromatic carbocycles. The number of nitrogens with zero attached hydrogens (tertiary/aromatic N) is 4. The molecule has 17 heteroatoms. The zero-order valence-corrected chi connectivity index (χ0v) is 17.3. The van der Waals surface area contributed by atoms with Crippen LogP contribution in [0.5, 0.6) is 0 Å². The van der Waals surface area contributed by atoms with Gasteiger partial charge in [-0.3, -0.25) is 9.59 Å². The van der Waals surface area contributed by atoms with Crippen LogP contribution in [0.3, 0.4) is 0 Å². The van der Waals surface area contributed by atoms with Gasteiger partial charge in [-0.25, -0.2) is 24.9 Å². The first kappa shape index (κ1) is 26.2. The van der Waals surface area contributed by atoms with E-state index in [1.54, 1.807) is 0 Å². The van der Waals surface area contributed by atoms with E-state index in [1.165, 1.54) is 0 Å². The molecule has 1 heterocycles. The quantitative estimate of drug-likeness (QED) is 0.199. The number of benzene rings is 1. The fraction of sp³-hybridized carbons (Fsp3) is 0.250. The Morgan fingerprint density at radius 2 is 1.64 bits per heavy atom. The number of rotatable bonds is 5. The smallest absolute Gasteiger partial charge is 0.269 e. The lowest BCUT2D eigenvalue weighted by atomic mass is 10.1. The summed E-state index contributed by atoms with van der Waals surface area (Å²) in [4.78, 5) is 24.0. The van der Waals surface area contributed by atoms with Gasteiger partial charge in [0.25, 0.3) is 11.8 Å². The highest BCUT2D eigenvalue weighted by atomic mass is 32.5. The number of imide groups is 1. The summed E-state index contributed by atoms with van der Waals surface area (Å²) in [5.41, 5.74) is -5.55. The van der Waals surface area contributed by atoms with Crippen LogP contribution in [-0.2, 0) is 15.8 Å². The number of carbonyl (C=O) groups is 2. The number of hydrogen-bond acceptors (Lipinski definition) is 5. The Morgan fingerprint density at radius 3 is 2.12 bits per heavy atom. The van der Waals surface area contributed by atoms with Gasteiger partial charge in [-0.2, -0.15) is 13.2 Å². The van der Waals surface area contributed by atoms with E-state index in [2.05, 4.69) is 10.1 Å². The van der Waals surface area contributed by atoms with Gasteiger partial charge in [0.1, 0.15) is 11.2 Å². The van der Waals surface area contributed by atoms with Crippen LogP contribution in [0.1, 0.15) is 19.4 Å². The number of amides is 2. The molecule has 2 aromatic rings. The van der Waals surface area contributed by atoms with Gasteiger partial charge in [0.05, 0.1) is 5.56 Å². The number of hydrogen-bond donors (Lipinski definition) is 1. The van der Waals surface area contributed by atoms with Crippen molar-refractivity contribution >= 4 is 28.2 Å². The zero-order valence-electron chi connectivity index (χ0n) is 16.5. The van der Waals surface area contributed by atoms with Crippen LogP contribution < -0.4 is 5.84 Å². The molecule has 0 fully saturated rings. The van der Waals surface area contributed by atoms with Crippen molar-refractivity contribution < 1.29 is 46.6 Å². The van der Waals surface area contributed by atoms with Crippen molar-refractivity contribution in [1.82, 2.24) is 19.8 Å². The maximum absolute atomic E-state index is 13.5. The molecule has 184 valence electrons. The lowest BCUT2D eigenvalue weighted by molar-refractivity contribution is -0.149. The minimum atomic E-state index is -10.5. The number of aromatic nitrogens is 3. The largest absolute Gasteiger partial charge is 0.416 e. The molecule has 0 saturated carbocycles. The van der Waals surface area contributed by atoms with Gasteiger partial charge in [-0.1, -0.05) is 19.4 Å². The Balaban J connectivity index is 2.43. The van der Waals surface area contributed by atoms with Gasteiger partial charge >= 0.3 is 16.4 Å². The number of hydrazine groups is 1. The van der Waals surface area contributed by atoms with Gasteiger partial charge in [0, 0.05) is 17.8 Å². The van der Waals surface area contributed by atoms with E-state index in [0.29, 0.717) is 17.1 Å². The van der Waals surface area contributed by atoms with Gasteiger partial charge < -0.3 is 0 Å². The van der Waals surface area contributed by atoms with Crippen LogP contribution in [0.4, 0.5) is 37.0 Å². The van der Waals surface area contributed by atoms with Gasteiger partial charge in [0.15, 0.2) is 11.5 Å². The molecule has 0 aliphatic rings. The topological polar surface area (TPSA) is 94.1 Å². The second-order valence-corrected chi connectivity index (χ2v) is 9.47. The molecule has 0 atom stereocenters. The minimum Gasteiger partial charge on any atom is -0.269 e. The summed E-state index contributed by atoms with van der Waals surface area (Å²) < 4.78 is 119. The molecule has 2 rings (SSSR count). The van der Waals surface area contributed by atoms with Gasteiger partial charge in [-0.15, -0.1) is 5.10 Å². The Morgan fingerprint density at radius 1 is 1.06 bits per heavy atom. The molecule has 1 aromatic heterocycles. The Kier molecular flexibility index (Phi) is 5.72. The van der Waals surface area contributed by atoms with Crippen molar-refractivity contribution in [3.05, 3.63) is 36.2 Å². The molecule has 2 N–H and O–H groups in total. The maximum Gasteiger partial charge on any atom is 0.416 e. The predicted octanol–water partition coefficient (Wildman–Crippen LogP) is 5.07. The molecule has 33 heavy (non-hydrogen) atoms. The molecule has 2 amide bonds. The number of halogens is 9. The van der Waals surface area contributed by atoms with Crippen molar-refractivity contribution in [2.75, 3.05) is 0 Å². The number of nitrogens with two attached hydrogens (primary N) is 1. The molecule has 0 radical (unpaired) electrons. The maximum atomic E-state index is 13.5. The van der Waals surface area contributed by atoms with Crippen molar-refractivity contribution in [3.63, 3.8) is 0 Å². The van der Waals surface area contributed by atoms with Crippen LogP contribution in [-0.4, -0.2) is 37.3 Å². The zero-order chi connectivity index (χ0) is 25.7. The first-order chi connectivity index (χ1) is 14.5. The summed E-state index contributed by atoms with van der Waals surface area (Å²) in [6.07, 6.45) is -3.39. The highest BCUT2D eigenvalue weighted by Crippen LogP contribution is 3.02. The molecule has 0 aliphatic carbocycles. The van der Waals surface area contributed by atoms with Crippen LogP contribution in [0.2, 0.25) is 0 Å². The molecule has 0 unspecified atom stereocenters. The Labute approximate surface area is 179 Å². The molecule has 0 aliphatic heterocycles. The Bertz CT molecular complexity index is 1140. The molecule has 0 saturated heterocycles. The predicted molar refractivity (Wildman–Crippen MR) is 98.4 cm³/mol. The molecule has 7 nitrogen and oxygen atoms in total. The van der Waals surface area contributed by atoms with Crippen LogP contribution in [0.25, 0.3) is 17.6 Å². The average molecular weight is 511 g/mol. The first-order valence-electron chi connectivity index (χ1n) is 8.37. The lowest BCUT2D eigenvalue weighted by Gasteiger charge is -2.40. The van der Waals surface area contributed by atoms with E-state index in [4.69, 9.17) is 5.84 Å². The van der Waals surface area contributed by atoms with Crippen molar-refractivity contribution in [1.29, 1.82) is 0 Å². The molecular formula is C16H14F9N5O2S. The summed E-state index contributed by atoms with van der Waals surface area (Å²) in [5, 5.41) is 3.40. The van der Waals surface area contributed by atoms with Crippen LogP contribution >= 0.6 is 10.2 Å². The Hall–Kier alpha value is -3.08. The standard InChI is InChI=1S/C16H14F9N5O2S/c1-15(2,17)14(32)30(26)12(31)3-4-29-8-27-13(28-29)9-5-10(16(18,19)20)7-11(6-9)33(21,22,23,24)25/h3-8H,26H2,1-2H3. The van der Waals surface area contributed by atoms with E-state index in [9.17, 15) is 46.6 Å². The number of alkyl halides is 4. The normalized spacial score (nSPS) is 15.3. The van der Waals surface area contributed by atoms with E-state index < -0.39 is 61.8 Å². The van der Waals surface area contributed by atoms with E-state index in [0.717, 1.165) is 20.0 Å². The lowest BCUT2D eigenvalue weighted by Crippen LogP contribution is -2.49. The third-order valence-electron chi connectivity index (χ3n) is 3.78. The monoisotopic (exact) mass is 511 g/mol. The molecule has 0 spiro atoms. The van der Waals surface area contributed by atoms with E-state index in [-0.39, 0.29) is 17.1 Å². The minimum absolute atomic E-state index is 0.0813. The van der Waals surface area contributed by atoms with Crippen molar-refractivity contribution in [3.8, 4) is 11.4 Å². The molecule has 0 bridgehead atoms. The summed E-state index contributed by atoms with van der Waals surface area (Å²) >= 11 is 0. The summed E-state index contributed by atoms with van der Waals surface area (Å²) in [7, 11) is -10.5. The highest BCUT2D eigenvalue weighted by Gasteiger charge is 2.66. The average Bonchev–Trinajstić information content (AvgIpc) is 3.10. The van der Waals surface area contributed by atoms with Crippen LogP contribution in [0.15, 0.2) is 35.5 Å². The second kappa shape index (κ2) is 7.21. The third kappa shape index (κ3) is 6.47. The summed E-state index contributed by atoms with van der Waals surface area (Å²) in [6.45, 7) is 1.65. The summed E-state index contributed by atoms with van der Waals surface area (Å²) in [5.74, 6) is 1.66. The van der Waals surface area contributed by atoms with Crippen molar-refractivity contribution in [2.45, 2.75) is 30.6 Å². The van der Waals surface area contributed by atoms with Crippen molar-refractivity contribution in [2.24, 2.45) is 5.84 Å². The van der Waals surface area contributed by atoms with E-state index in [1.807, 2.05) is 0 Å². The first-order valence-corrected chi connectivity index (χ1v) is 10.3. The van der Waals surface area contributed by atoms with Gasteiger partial charge in [-0.05, 0) is 32.0 Å². The van der Waals surface area contributed by atoms with Crippen LogP contribution in [0, 0.1) is 0 Å². The highest BCUT2D eigenvalue weighted by molar-refractivity contribution is 8.45. The SMILES string of the molecule is CC(C)(F)C(=O)N(N)C(=O)C=Cn1cnc(-c2cc(C(F)(F)F)cc(S(F)(F)(F)(F)F)c2)n1. The van der Waals surface area contributed by atoms with E-state index >= 15 is 0 Å². The fourth-order valence-electron chi connectivity index (χ4n) is 2.20. The fourth-order valence-corrected chi connectivity index (χ4v) is 2.90.